The van der Waals surface area contributed by atoms with Crippen LogP contribution in [-0.4, -0.2) is 25.3 Å². The number of alkyl halides is 3. The highest BCUT2D eigenvalue weighted by atomic mass is 32.2. The van der Waals surface area contributed by atoms with Crippen LogP contribution in [0.2, 0.25) is 0 Å². The van der Waals surface area contributed by atoms with Gasteiger partial charge in [-0.05, 0) is 48.0 Å². The number of halogens is 4. The van der Waals surface area contributed by atoms with Crippen LogP contribution in [0.5, 0.6) is 5.75 Å². The smallest absolute Gasteiger partial charge is 0.435 e. The van der Waals surface area contributed by atoms with Gasteiger partial charge in [0.15, 0.2) is 17.3 Å². The van der Waals surface area contributed by atoms with Gasteiger partial charge in [-0.2, -0.15) is 18.3 Å². The highest BCUT2D eigenvalue weighted by molar-refractivity contribution is 7.89. The van der Waals surface area contributed by atoms with Crippen LogP contribution in [0.15, 0.2) is 53.4 Å². The highest BCUT2D eigenvalue weighted by Gasteiger charge is 2.35. The largest absolute Gasteiger partial charge is 0.494 e. The fourth-order valence-corrected chi connectivity index (χ4v) is 3.23. The van der Waals surface area contributed by atoms with E-state index in [1.54, 1.807) is 0 Å². The molecule has 0 radical (unpaired) electrons. The Morgan fingerprint density at radius 2 is 1.76 bits per heavy atom. The average Bonchev–Trinajstić information content (AvgIpc) is 3.05. The van der Waals surface area contributed by atoms with Gasteiger partial charge in [0.1, 0.15) is 0 Å². The first-order valence-electron chi connectivity index (χ1n) is 8.11. The first-order valence-corrected chi connectivity index (χ1v) is 9.65. The summed E-state index contributed by atoms with van der Waals surface area (Å²) in [6.45, 7) is 0. The SMILES string of the molecule is COc1ccc(Cc2cc(C(F)(F)F)nn2-c2ccc(S(N)(=O)=O)cc2)cc1F. The number of methoxy groups -OCH3 is 1. The first kappa shape index (κ1) is 20.8. The summed E-state index contributed by atoms with van der Waals surface area (Å²) in [7, 11) is -2.65. The molecule has 0 bridgehead atoms. The number of benzene rings is 2. The number of aromatic nitrogens is 2. The van der Waals surface area contributed by atoms with Crippen molar-refractivity contribution in [3.8, 4) is 11.4 Å². The van der Waals surface area contributed by atoms with Gasteiger partial charge in [0, 0.05) is 12.1 Å². The third-order valence-corrected chi connectivity index (χ3v) is 5.01. The van der Waals surface area contributed by atoms with Crippen LogP contribution >= 0.6 is 0 Å². The van der Waals surface area contributed by atoms with Gasteiger partial charge in [-0.3, -0.25) is 0 Å². The van der Waals surface area contributed by atoms with Crippen LogP contribution in [0.25, 0.3) is 5.69 Å². The topological polar surface area (TPSA) is 87.2 Å². The van der Waals surface area contributed by atoms with Crippen molar-refractivity contribution in [3.05, 3.63) is 71.3 Å². The van der Waals surface area contributed by atoms with Gasteiger partial charge in [-0.25, -0.2) is 22.6 Å². The van der Waals surface area contributed by atoms with Crippen molar-refractivity contribution in [3.63, 3.8) is 0 Å². The maximum Gasteiger partial charge on any atom is 0.435 e. The van der Waals surface area contributed by atoms with E-state index in [1.807, 2.05) is 0 Å². The second-order valence-electron chi connectivity index (χ2n) is 6.12. The van der Waals surface area contributed by atoms with Crippen molar-refractivity contribution >= 4 is 10.0 Å². The van der Waals surface area contributed by atoms with Gasteiger partial charge in [-0.1, -0.05) is 6.07 Å². The maximum atomic E-state index is 13.9. The molecular weight excluding hydrogens is 414 g/mol. The number of primary sulfonamides is 1. The minimum Gasteiger partial charge on any atom is -0.494 e. The molecule has 0 atom stereocenters. The maximum absolute atomic E-state index is 13.9. The number of rotatable bonds is 5. The molecule has 0 aliphatic carbocycles. The fourth-order valence-electron chi connectivity index (χ4n) is 2.71. The fraction of sp³-hybridized carbons (Fsp3) is 0.167. The van der Waals surface area contributed by atoms with Crippen LogP contribution < -0.4 is 9.88 Å². The summed E-state index contributed by atoms with van der Waals surface area (Å²) in [4.78, 5) is -0.191. The Morgan fingerprint density at radius 3 is 2.28 bits per heavy atom. The van der Waals surface area contributed by atoms with Crippen molar-refractivity contribution in [1.29, 1.82) is 0 Å². The number of ether oxygens (including phenoxy) is 1. The van der Waals surface area contributed by atoms with Crippen LogP contribution in [0.3, 0.4) is 0 Å². The molecule has 1 heterocycles. The molecular formula is C18H15F4N3O3S. The predicted octanol–water partition coefficient (Wildman–Crippen LogP) is 3.28. The van der Waals surface area contributed by atoms with Crippen LogP contribution in [-0.2, 0) is 22.6 Å². The summed E-state index contributed by atoms with van der Waals surface area (Å²) in [6, 6.07) is 9.81. The van der Waals surface area contributed by atoms with E-state index in [1.165, 1.54) is 31.4 Å². The molecule has 0 aliphatic heterocycles. The molecule has 2 aromatic carbocycles. The van der Waals surface area contributed by atoms with E-state index in [0.717, 1.165) is 28.9 Å². The lowest BCUT2D eigenvalue weighted by Crippen LogP contribution is -2.12. The van der Waals surface area contributed by atoms with Gasteiger partial charge in [0.2, 0.25) is 10.0 Å². The minimum absolute atomic E-state index is 0.0109. The molecule has 0 spiro atoms. The van der Waals surface area contributed by atoms with E-state index >= 15 is 0 Å². The van der Waals surface area contributed by atoms with E-state index < -0.39 is 27.7 Å². The summed E-state index contributed by atoms with van der Waals surface area (Å²) < 4.78 is 82.0. The number of sulfonamides is 1. The summed E-state index contributed by atoms with van der Waals surface area (Å²) in [5, 5.41) is 8.62. The summed E-state index contributed by atoms with van der Waals surface area (Å²) in [5.41, 5.74) is -0.404. The lowest BCUT2D eigenvalue weighted by molar-refractivity contribution is -0.141. The van der Waals surface area contributed by atoms with E-state index in [9.17, 15) is 26.0 Å². The monoisotopic (exact) mass is 429 g/mol. The molecule has 6 nitrogen and oxygen atoms in total. The molecule has 0 saturated heterocycles. The Balaban J connectivity index is 2.04. The zero-order valence-corrected chi connectivity index (χ0v) is 15.8. The first-order chi connectivity index (χ1) is 13.5. The summed E-state index contributed by atoms with van der Waals surface area (Å²) >= 11 is 0. The number of hydrogen-bond donors (Lipinski definition) is 1. The molecule has 11 heteroatoms. The lowest BCUT2D eigenvalue weighted by atomic mass is 10.1. The second kappa shape index (κ2) is 7.48. The van der Waals surface area contributed by atoms with Crippen molar-refractivity contribution in [2.24, 2.45) is 5.14 Å². The third kappa shape index (κ3) is 4.57. The Hall–Kier alpha value is -2.92. The van der Waals surface area contributed by atoms with E-state index in [-0.39, 0.29) is 28.4 Å². The molecule has 0 amide bonds. The van der Waals surface area contributed by atoms with Gasteiger partial charge >= 0.3 is 6.18 Å². The zero-order chi connectivity index (χ0) is 21.4. The Bertz CT molecular complexity index is 1140. The quantitative estimate of drug-likeness (QED) is 0.631. The molecule has 154 valence electrons. The number of nitrogens with two attached hydrogens (primary N) is 1. The molecule has 3 rings (SSSR count). The van der Waals surface area contributed by atoms with Gasteiger partial charge in [0.25, 0.3) is 0 Å². The normalized spacial score (nSPS) is 12.2. The average molecular weight is 429 g/mol. The Morgan fingerprint density at radius 1 is 1.10 bits per heavy atom. The second-order valence-corrected chi connectivity index (χ2v) is 7.68. The Kier molecular flexibility index (Phi) is 5.37. The van der Waals surface area contributed by atoms with E-state index in [4.69, 9.17) is 9.88 Å². The standard InChI is InChI=1S/C18H15F4N3O3S/c1-28-16-7-2-11(9-15(16)19)8-13-10-17(18(20,21)22)24-25(13)12-3-5-14(6-4-12)29(23,26)27/h2-7,9-10H,8H2,1H3,(H2,23,26,27). The van der Waals surface area contributed by atoms with Crippen LogP contribution in [0, 0.1) is 5.82 Å². The van der Waals surface area contributed by atoms with Crippen LogP contribution in [0.1, 0.15) is 17.0 Å². The molecule has 29 heavy (non-hydrogen) atoms. The summed E-state index contributed by atoms with van der Waals surface area (Å²) in [5.74, 6) is -0.638. The van der Waals surface area contributed by atoms with Crippen molar-refractivity contribution in [1.82, 2.24) is 9.78 Å². The number of hydrogen-bond acceptors (Lipinski definition) is 4. The highest BCUT2D eigenvalue weighted by Crippen LogP contribution is 2.31. The molecule has 0 aliphatic rings. The Labute approximate surface area is 163 Å². The van der Waals surface area contributed by atoms with Crippen molar-refractivity contribution in [2.75, 3.05) is 7.11 Å². The number of nitrogens with zero attached hydrogens (tertiary/aromatic N) is 2. The van der Waals surface area contributed by atoms with E-state index in [2.05, 4.69) is 5.10 Å². The van der Waals surface area contributed by atoms with Crippen molar-refractivity contribution in [2.45, 2.75) is 17.5 Å². The predicted molar refractivity (Wildman–Crippen MR) is 95.7 cm³/mol. The molecule has 1 aromatic heterocycles. The molecule has 0 saturated carbocycles. The molecule has 3 aromatic rings. The van der Waals surface area contributed by atoms with Gasteiger partial charge in [0.05, 0.1) is 17.7 Å². The van der Waals surface area contributed by atoms with Crippen molar-refractivity contribution < 1.29 is 30.7 Å². The molecule has 0 fully saturated rings. The molecule has 0 unspecified atom stereocenters. The van der Waals surface area contributed by atoms with Crippen LogP contribution in [0.4, 0.5) is 17.6 Å². The summed E-state index contributed by atoms with van der Waals surface area (Å²) in [6.07, 6.45) is -4.74. The molecule has 2 N–H and O–H groups in total. The van der Waals surface area contributed by atoms with Gasteiger partial charge < -0.3 is 4.74 Å². The third-order valence-electron chi connectivity index (χ3n) is 4.08. The lowest BCUT2D eigenvalue weighted by Gasteiger charge is -2.09. The van der Waals surface area contributed by atoms with Gasteiger partial charge in [-0.15, -0.1) is 0 Å². The zero-order valence-electron chi connectivity index (χ0n) is 14.9. The minimum atomic E-state index is -4.69. The van der Waals surface area contributed by atoms with E-state index in [0.29, 0.717) is 5.56 Å².